The van der Waals surface area contributed by atoms with Crippen molar-refractivity contribution in [1.82, 2.24) is 0 Å². The van der Waals surface area contributed by atoms with E-state index in [0.717, 1.165) is 19.6 Å². The Kier molecular flexibility index (Phi) is 6.85. The molecule has 0 fully saturated rings. The molecule has 50 valence electrons. The third kappa shape index (κ3) is 5.92. The lowest BCUT2D eigenvalue weighted by Gasteiger charge is -1.99. The van der Waals surface area contributed by atoms with Crippen LogP contribution >= 0.6 is 0 Å². The van der Waals surface area contributed by atoms with E-state index in [0.29, 0.717) is 6.79 Å². The van der Waals surface area contributed by atoms with Crippen molar-refractivity contribution in [2.24, 2.45) is 0 Å². The molecule has 0 aliphatic carbocycles. The van der Waals surface area contributed by atoms with Gasteiger partial charge in [-0.25, -0.2) is 0 Å². The van der Waals surface area contributed by atoms with Crippen LogP contribution in [0.1, 0.15) is 20.3 Å². The normalized spacial score (nSPS) is 9.75. The molecular formula is C6H14O2. The molecule has 0 aromatic heterocycles. The molecule has 0 atom stereocenters. The predicted octanol–water partition coefficient (Wildman–Crippen LogP) is 1.41. The van der Waals surface area contributed by atoms with Crippen molar-refractivity contribution in [2.45, 2.75) is 20.3 Å². The van der Waals surface area contributed by atoms with E-state index in [2.05, 4.69) is 6.92 Å². The van der Waals surface area contributed by atoms with Crippen molar-refractivity contribution in [1.29, 1.82) is 0 Å². The topological polar surface area (TPSA) is 18.5 Å². The van der Waals surface area contributed by atoms with Crippen molar-refractivity contribution >= 4 is 0 Å². The molecule has 0 saturated heterocycles. The van der Waals surface area contributed by atoms with E-state index >= 15 is 0 Å². The number of ether oxygens (including phenoxy) is 2. The van der Waals surface area contributed by atoms with Crippen LogP contribution in [0.4, 0.5) is 0 Å². The van der Waals surface area contributed by atoms with Crippen LogP contribution < -0.4 is 0 Å². The molecule has 8 heavy (non-hydrogen) atoms. The molecule has 0 aliphatic rings. The van der Waals surface area contributed by atoms with Gasteiger partial charge in [0.1, 0.15) is 6.79 Å². The third-order valence-corrected chi connectivity index (χ3v) is 0.719. The molecule has 0 radical (unpaired) electrons. The van der Waals surface area contributed by atoms with Gasteiger partial charge in [0.05, 0.1) is 0 Å². The van der Waals surface area contributed by atoms with Gasteiger partial charge in [0.25, 0.3) is 0 Å². The molecule has 0 saturated carbocycles. The number of rotatable bonds is 5. The second-order valence-corrected chi connectivity index (χ2v) is 1.52. The SMILES string of the molecule is CCCOCOCC. The summed E-state index contributed by atoms with van der Waals surface area (Å²) in [6, 6.07) is 0. The highest BCUT2D eigenvalue weighted by atomic mass is 16.7. The van der Waals surface area contributed by atoms with Crippen molar-refractivity contribution in [3.05, 3.63) is 0 Å². The zero-order valence-corrected chi connectivity index (χ0v) is 5.64. The second kappa shape index (κ2) is 6.92. The average Bonchev–Trinajstić information content (AvgIpc) is 1.81. The number of hydrogen-bond donors (Lipinski definition) is 0. The average molecular weight is 118 g/mol. The molecule has 0 N–H and O–H groups in total. The van der Waals surface area contributed by atoms with Crippen molar-refractivity contribution in [3.63, 3.8) is 0 Å². The Balaban J connectivity index is 2.53. The van der Waals surface area contributed by atoms with Crippen molar-refractivity contribution in [2.75, 3.05) is 20.0 Å². The fraction of sp³-hybridized carbons (Fsp3) is 1.00. The van der Waals surface area contributed by atoms with Crippen LogP contribution in [0.25, 0.3) is 0 Å². The molecule has 0 heterocycles. The van der Waals surface area contributed by atoms with Crippen molar-refractivity contribution < 1.29 is 9.47 Å². The van der Waals surface area contributed by atoms with Gasteiger partial charge >= 0.3 is 0 Å². The minimum atomic E-state index is 0.449. The van der Waals surface area contributed by atoms with E-state index in [9.17, 15) is 0 Å². The van der Waals surface area contributed by atoms with E-state index in [4.69, 9.17) is 9.47 Å². The lowest BCUT2D eigenvalue weighted by atomic mass is 10.5. The molecule has 2 nitrogen and oxygen atoms in total. The Labute approximate surface area is 50.8 Å². The van der Waals surface area contributed by atoms with Crippen LogP contribution in [0.2, 0.25) is 0 Å². The smallest absolute Gasteiger partial charge is 0.146 e. The second-order valence-electron chi connectivity index (χ2n) is 1.52. The van der Waals surface area contributed by atoms with Gasteiger partial charge in [0.15, 0.2) is 0 Å². The van der Waals surface area contributed by atoms with Gasteiger partial charge in [-0.2, -0.15) is 0 Å². The van der Waals surface area contributed by atoms with Gasteiger partial charge < -0.3 is 9.47 Å². The molecule has 0 aliphatic heterocycles. The minimum Gasteiger partial charge on any atom is -0.356 e. The molecule has 0 amide bonds. The first kappa shape index (κ1) is 7.92. The molecule has 0 aromatic carbocycles. The zero-order valence-electron chi connectivity index (χ0n) is 5.64. The highest BCUT2D eigenvalue weighted by molar-refractivity contribution is 4.18. The largest absolute Gasteiger partial charge is 0.356 e. The summed E-state index contributed by atoms with van der Waals surface area (Å²) in [6.07, 6.45) is 1.06. The van der Waals surface area contributed by atoms with E-state index < -0.39 is 0 Å². The van der Waals surface area contributed by atoms with Crippen molar-refractivity contribution in [3.8, 4) is 0 Å². The van der Waals surface area contributed by atoms with Crippen LogP contribution in [0.5, 0.6) is 0 Å². The molecule has 0 rings (SSSR count). The predicted molar refractivity (Wildman–Crippen MR) is 32.7 cm³/mol. The lowest BCUT2D eigenvalue weighted by molar-refractivity contribution is -0.0489. The van der Waals surface area contributed by atoms with E-state index in [1.807, 2.05) is 6.92 Å². The summed E-state index contributed by atoms with van der Waals surface area (Å²) in [4.78, 5) is 0. The van der Waals surface area contributed by atoms with Gasteiger partial charge in [-0.05, 0) is 13.3 Å². The summed E-state index contributed by atoms with van der Waals surface area (Å²) in [5.41, 5.74) is 0. The maximum absolute atomic E-state index is 5.00. The first-order valence-electron chi connectivity index (χ1n) is 3.07. The standard InChI is InChI=1S/C6H14O2/c1-3-5-8-6-7-4-2/h3-6H2,1-2H3. The summed E-state index contributed by atoms with van der Waals surface area (Å²) in [5.74, 6) is 0. The molecule has 0 unspecified atom stereocenters. The number of hydrogen-bond acceptors (Lipinski definition) is 2. The quantitative estimate of drug-likeness (QED) is 0.401. The molecule has 2 heteroatoms. The Morgan fingerprint density at radius 2 is 1.88 bits per heavy atom. The molecular weight excluding hydrogens is 104 g/mol. The lowest BCUT2D eigenvalue weighted by Crippen LogP contribution is -1.99. The molecule has 0 bridgehead atoms. The Morgan fingerprint density at radius 3 is 2.38 bits per heavy atom. The van der Waals surface area contributed by atoms with Gasteiger partial charge in [-0.15, -0.1) is 0 Å². The summed E-state index contributed by atoms with van der Waals surface area (Å²) in [5, 5.41) is 0. The third-order valence-electron chi connectivity index (χ3n) is 0.719. The molecule has 0 spiro atoms. The summed E-state index contributed by atoms with van der Waals surface area (Å²) < 4.78 is 9.91. The first-order valence-corrected chi connectivity index (χ1v) is 3.07. The van der Waals surface area contributed by atoms with Gasteiger partial charge in [0, 0.05) is 13.2 Å². The van der Waals surface area contributed by atoms with Gasteiger partial charge in [-0.3, -0.25) is 0 Å². The first-order chi connectivity index (χ1) is 3.91. The van der Waals surface area contributed by atoms with E-state index in [1.54, 1.807) is 0 Å². The Bertz CT molecular complexity index is 31.5. The van der Waals surface area contributed by atoms with E-state index in [-0.39, 0.29) is 0 Å². The maximum atomic E-state index is 5.00. The van der Waals surface area contributed by atoms with Crippen LogP contribution in [0.3, 0.4) is 0 Å². The summed E-state index contributed by atoms with van der Waals surface area (Å²) in [7, 11) is 0. The van der Waals surface area contributed by atoms with Crippen LogP contribution in [0.15, 0.2) is 0 Å². The maximum Gasteiger partial charge on any atom is 0.146 e. The Hall–Kier alpha value is -0.0800. The van der Waals surface area contributed by atoms with Crippen LogP contribution in [-0.2, 0) is 9.47 Å². The molecule has 0 aromatic rings. The fourth-order valence-corrected chi connectivity index (χ4v) is 0.346. The fourth-order valence-electron chi connectivity index (χ4n) is 0.346. The summed E-state index contributed by atoms with van der Waals surface area (Å²) >= 11 is 0. The highest BCUT2D eigenvalue weighted by Gasteiger charge is 1.80. The summed E-state index contributed by atoms with van der Waals surface area (Å²) in [6.45, 7) is 6.02. The highest BCUT2D eigenvalue weighted by Crippen LogP contribution is 1.80. The van der Waals surface area contributed by atoms with Gasteiger partial charge in [0.2, 0.25) is 0 Å². The minimum absolute atomic E-state index is 0.449. The van der Waals surface area contributed by atoms with E-state index in [1.165, 1.54) is 0 Å². The monoisotopic (exact) mass is 118 g/mol. The van der Waals surface area contributed by atoms with Crippen LogP contribution in [0, 0.1) is 0 Å². The van der Waals surface area contributed by atoms with Gasteiger partial charge in [-0.1, -0.05) is 6.92 Å². The zero-order chi connectivity index (χ0) is 6.24. The Morgan fingerprint density at radius 1 is 1.12 bits per heavy atom. The van der Waals surface area contributed by atoms with Crippen LogP contribution in [-0.4, -0.2) is 20.0 Å².